The smallest absolute Gasteiger partial charge is 0.305 e. The van der Waals surface area contributed by atoms with E-state index >= 15 is 0 Å². The van der Waals surface area contributed by atoms with Crippen LogP contribution in [-0.2, 0) is 0 Å². The molecule has 1 atom stereocenters. The van der Waals surface area contributed by atoms with E-state index in [0.29, 0.717) is 5.25 Å². The van der Waals surface area contributed by atoms with Gasteiger partial charge in [-0.15, -0.1) is 12.4 Å². The molecule has 1 amide bonds. The van der Waals surface area contributed by atoms with E-state index in [9.17, 15) is 4.79 Å². The van der Waals surface area contributed by atoms with Crippen molar-refractivity contribution in [3.8, 4) is 0 Å². The van der Waals surface area contributed by atoms with Gasteiger partial charge in [0.25, 0.3) is 0 Å². The van der Waals surface area contributed by atoms with E-state index in [1.165, 1.54) is 17.4 Å². The number of anilines is 1. The molecule has 7 heteroatoms. The lowest BCUT2D eigenvalue weighted by Crippen LogP contribution is -2.46. The third kappa shape index (κ3) is 5.12. The average Bonchev–Trinajstić information content (AvgIpc) is 2.86. The topological polar surface area (TPSA) is 35.9 Å². The number of benzene rings is 1. The second-order valence-electron chi connectivity index (χ2n) is 6.08. The van der Waals surface area contributed by atoms with Crippen LogP contribution >= 0.6 is 35.8 Å². The monoisotopic (exact) mass is 387 g/mol. The summed E-state index contributed by atoms with van der Waals surface area (Å²) in [5, 5.41) is 1.07. The number of hydrogen-bond donors (Lipinski definition) is 0. The zero-order valence-electron chi connectivity index (χ0n) is 13.8. The molecule has 0 saturated carbocycles. The molecule has 132 valence electrons. The van der Waals surface area contributed by atoms with Crippen LogP contribution in [0, 0.1) is 0 Å². The van der Waals surface area contributed by atoms with Gasteiger partial charge in [0.05, 0.1) is 5.25 Å². The zero-order valence-corrected chi connectivity index (χ0v) is 16.2. The number of nitrogens with zero attached hydrogens (tertiary/aromatic N) is 3. The summed E-state index contributed by atoms with van der Waals surface area (Å²) in [6, 6.07) is 8.08. The lowest BCUT2D eigenvalue weighted by molar-refractivity contribution is 0.254. The van der Waals surface area contributed by atoms with Gasteiger partial charge in [0.15, 0.2) is 0 Å². The SMILES string of the molecule is CC1=NC(=O)SC1CCCN1CCN(c2cccc(Cl)c2)CC1.Cl. The van der Waals surface area contributed by atoms with Crippen molar-refractivity contribution < 1.29 is 4.79 Å². The summed E-state index contributed by atoms with van der Waals surface area (Å²) in [6.45, 7) is 7.30. The van der Waals surface area contributed by atoms with Crippen molar-refractivity contribution in [3.05, 3.63) is 29.3 Å². The summed E-state index contributed by atoms with van der Waals surface area (Å²) in [6.07, 6.45) is 2.16. The number of rotatable bonds is 5. The van der Waals surface area contributed by atoms with Gasteiger partial charge >= 0.3 is 5.24 Å². The van der Waals surface area contributed by atoms with E-state index in [1.807, 2.05) is 25.1 Å². The lowest BCUT2D eigenvalue weighted by atomic mass is 10.1. The minimum absolute atomic E-state index is 0. The third-order valence-electron chi connectivity index (χ3n) is 4.46. The second kappa shape index (κ2) is 9.09. The lowest BCUT2D eigenvalue weighted by Gasteiger charge is -2.36. The fraction of sp³-hybridized carbons (Fsp3) is 0.529. The van der Waals surface area contributed by atoms with Crippen LogP contribution in [0.3, 0.4) is 0 Å². The Kier molecular flexibility index (Phi) is 7.41. The Morgan fingerprint density at radius 1 is 1.29 bits per heavy atom. The Hall–Kier alpha value is -0.750. The van der Waals surface area contributed by atoms with Crippen LogP contribution in [0.25, 0.3) is 0 Å². The van der Waals surface area contributed by atoms with Crippen LogP contribution in [0.2, 0.25) is 5.02 Å². The third-order valence-corrected chi connectivity index (χ3v) is 5.85. The van der Waals surface area contributed by atoms with Crippen molar-refractivity contribution in [3.63, 3.8) is 0 Å². The van der Waals surface area contributed by atoms with Gasteiger partial charge in [-0.1, -0.05) is 29.4 Å². The number of carbonyl (C=O) groups excluding carboxylic acids is 1. The molecule has 0 radical (unpaired) electrons. The average molecular weight is 388 g/mol. The maximum Gasteiger partial charge on any atom is 0.305 e. The number of hydrogen-bond acceptors (Lipinski definition) is 4. The highest BCUT2D eigenvalue weighted by molar-refractivity contribution is 8.15. The first-order valence-electron chi connectivity index (χ1n) is 8.10. The van der Waals surface area contributed by atoms with Crippen LogP contribution in [0.15, 0.2) is 29.3 Å². The minimum atomic E-state index is -0.0253. The number of carbonyl (C=O) groups is 1. The molecular formula is C17H23Cl2N3OS. The summed E-state index contributed by atoms with van der Waals surface area (Å²) in [5.74, 6) is 0. The van der Waals surface area contributed by atoms with E-state index in [2.05, 4.69) is 20.9 Å². The number of halogens is 2. The van der Waals surface area contributed by atoms with Crippen LogP contribution in [0.5, 0.6) is 0 Å². The normalized spacial score (nSPS) is 21.6. The molecule has 1 unspecified atom stereocenters. The molecule has 0 aliphatic carbocycles. The van der Waals surface area contributed by atoms with Crippen molar-refractivity contribution >= 4 is 52.4 Å². The summed E-state index contributed by atoms with van der Waals surface area (Å²) < 4.78 is 0. The fourth-order valence-corrected chi connectivity index (χ4v) is 4.25. The Bertz CT molecular complexity index is 603. The van der Waals surface area contributed by atoms with Gasteiger partial charge in [0.2, 0.25) is 0 Å². The van der Waals surface area contributed by atoms with Crippen molar-refractivity contribution in [2.45, 2.75) is 25.0 Å². The first-order valence-corrected chi connectivity index (χ1v) is 9.36. The van der Waals surface area contributed by atoms with Gasteiger partial charge in [-0.3, -0.25) is 9.69 Å². The maximum atomic E-state index is 11.3. The van der Waals surface area contributed by atoms with Gasteiger partial charge in [-0.2, -0.15) is 0 Å². The van der Waals surface area contributed by atoms with Crippen LogP contribution < -0.4 is 4.90 Å². The predicted molar refractivity (Wildman–Crippen MR) is 106 cm³/mol. The molecule has 0 bridgehead atoms. The summed E-state index contributed by atoms with van der Waals surface area (Å²) in [5.41, 5.74) is 2.20. The molecule has 3 rings (SSSR count). The first-order chi connectivity index (χ1) is 11.1. The van der Waals surface area contributed by atoms with Gasteiger partial charge in [-0.05, 0) is 44.5 Å². The molecule has 0 N–H and O–H groups in total. The first kappa shape index (κ1) is 19.6. The largest absolute Gasteiger partial charge is 0.369 e. The van der Waals surface area contributed by atoms with Crippen LogP contribution in [0.4, 0.5) is 10.5 Å². The summed E-state index contributed by atoms with van der Waals surface area (Å²) in [4.78, 5) is 20.2. The number of thioether (sulfide) groups is 1. The van der Waals surface area contributed by atoms with Gasteiger partial charge in [0.1, 0.15) is 0 Å². The van der Waals surface area contributed by atoms with E-state index in [1.54, 1.807) is 0 Å². The van der Waals surface area contributed by atoms with Crippen molar-refractivity contribution in [1.82, 2.24) is 4.90 Å². The quantitative estimate of drug-likeness (QED) is 0.751. The molecule has 1 fully saturated rings. The van der Waals surface area contributed by atoms with Crippen LogP contribution in [0.1, 0.15) is 19.8 Å². The van der Waals surface area contributed by atoms with Crippen molar-refractivity contribution in [2.24, 2.45) is 4.99 Å². The molecule has 2 heterocycles. The van der Waals surface area contributed by atoms with Gasteiger partial charge < -0.3 is 4.90 Å². The highest BCUT2D eigenvalue weighted by atomic mass is 35.5. The number of aliphatic imine (C=N–C) groups is 1. The Morgan fingerprint density at radius 2 is 2.04 bits per heavy atom. The highest BCUT2D eigenvalue weighted by Crippen LogP contribution is 2.27. The molecule has 1 aromatic carbocycles. The summed E-state index contributed by atoms with van der Waals surface area (Å²) in [7, 11) is 0. The molecule has 0 aromatic heterocycles. The number of piperazine rings is 1. The molecule has 2 aliphatic rings. The van der Waals surface area contributed by atoms with E-state index in [4.69, 9.17) is 11.6 Å². The molecule has 0 spiro atoms. The van der Waals surface area contributed by atoms with Crippen molar-refractivity contribution in [1.29, 1.82) is 0 Å². The molecular weight excluding hydrogens is 365 g/mol. The Morgan fingerprint density at radius 3 is 2.67 bits per heavy atom. The van der Waals surface area contributed by atoms with Gasteiger partial charge in [-0.25, -0.2) is 4.99 Å². The Balaban J connectivity index is 0.00000208. The molecule has 2 aliphatic heterocycles. The maximum absolute atomic E-state index is 11.3. The molecule has 1 aromatic rings. The van der Waals surface area contributed by atoms with Crippen LogP contribution in [-0.4, -0.2) is 53.8 Å². The van der Waals surface area contributed by atoms with E-state index < -0.39 is 0 Å². The van der Waals surface area contributed by atoms with E-state index in [-0.39, 0.29) is 17.6 Å². The van der Waals surface area contributed by atoms with Gasteiger partial charge in [0, 0.05) is 42.6 Å². The zero-order chi connectivity index (χ0) is 16.2. The predicted octanol–water partition coefficient (Wildman–Crippen LogP) is 4.36. The highest BCUT2D eigenvalue weighted by Gasteiger charge is 2.24. The number of amides is 1. The van der Waals surface area contributed by atoms with E-state index in [0.717, 1.165) is 56.3 Å². The summed E-state index contributed by atoms with van der Waals surface area (Å²) >= 11 is 7.45. The minimum Gasteiger partial charge on any atom is -0.369 e. The fourth-order valence-electron chi connectivity index (χ4n) is 3.12. The molecule has 4 nitrogen and oxygen atoms in total. The molecule has 24 heavy (non-hydrogen) atoms. The standard InChI is InChI=1S/C17H22ClN3OS.ClH/c1-13-16(23-17(22)19-13)6-3-7-20-8-10-21(11-9-20)15-5-2-4-14(18)12-15;/h2,4-5,12,16H,3,6-11H2,1H3;1H. The second-order valence-corrected chi connectivity index (χ2v) is 7.67. The Labute approximate surface area is 159 Å². The van der Waals surface area contributed by atoms with Crippen molar-refractivity contribution in [2.75, 3.05) is 37.6 Å². The molecule has 1 saturated heterocycles.